The van der Waals surface area contributed by atoms with Crippen LogP contribution in [-0.2, 0) is 19.2 Å². The zero-order valence-electron chi connectivity index (χ0n) is 27.4. The number of benzene rings is 1. The molecule has 1 aromatic rings. The fraction of sp³-hybridized carbons (Fsp3) is 0.625. The van der Waals surface area contributed by atoms with Crippen LogP contribution in [0.4, 0.5) is 13.6 Å². The third kappa shape index (κ3) is 11.8. The minimum atomic E-state index is -1.52. The zero-order chi connectivity index (χ0) is 34.3. The molecular formula is C32H47F2N5O6. The number of halogens is 2. The molecule has 45 heavy (non-hydrogen) atoms. The van der Waals surface area contributed by atoms with E-state index >= 15 is 0 Å². The molecule has 5 amide bonds. The number of carbonyl (C=O) groups is 6. The van der Waals surface area contributed by atoms with Gasteiger partial charge in [0.2, 0.25) is 29.3 Å². The Hall–Kier alpha value is -3.90. The van der Waals surface area contributed by atoms with E-state index in [-0.39, 0.29) is 24.7 Å². The average Bonchev–Trinajstić information content (AvgIpc) is 2.88. The molecule has 2 rings (SSSR count). The second kappa shape index (κ2) is 15.4. The minimum Gasteiger partial charge on any atom is -0.356 e. The standard InChI is InChI=1S/C32H47F2N5O6/c1-17(2)12-23(37-29(44)26(31(3,4)5)38-30(45)39-32(6,7)8)28(43)36-22(15-18-10-9-11-35-27(18)42)25(41)24(40)19-13-20(33)16-21(34)14-19/h13-14,16-18,22-23,26H,9-12,15H2,1-8H3,(H,35,42)(H,36,43)(H,37,44)(H2,38,39,45)/t18?,22?,23-,26+/m0/s1. The third-order valence-electron chi connectivity index (χ3n) is 7.13. The summed E-state index contributed by atoms with van der Waals surface area (Å²) in [5.41, 5.74) is -1.88. The molecule has 2 unspecified atom stereocenters. The number of Topliss-reactive ketones (excluding diaryl/α,β-unsaturated/α-hetero) is 2. The maximum atomic E-state index is 13.8. The first kappa shape index (κ1) is 37.3. The second-order valence-corrected chi connectivity index (χ2v) is 14.1. The van der Waals surface area contributed by atoms with E-state index in [0.717, 1.165) is 0 Å². The van der Waals surface area contributed by atoms with Crippen molar-refractivity contribution in [3.63, 3.8) is 0 Å². The van der Waals surface area contributed by atoms with Crippen molar-refractivity contribution >= 4 is 35.3 Å². The summed E-state index contributed by atoms with van der Waals surface area (Å²) in [6.45, 7) is 14.7. The van der Waals surface area contributed by atoms with Crippen LogP contribution in [0.3, 0.4) is 0 Å². The van der Waals surface area contributed by atoms with E-state index in [0.29, 0.717) is 37.6 Å². The molecule has 11 nitrogen and oxygen atoms in total. The van der Waals surface area contributed by atoms with Gasteiger partial charge in [-0.05, 0) is 69.9 Å². The lowest BCUT2D eigenvalue weighted by atomic mass is 9.85. The molecule has 0 aliphatic carbocycles. The normalized spacial score (nSPS) is 17.4. The van der Waals surface area contributed by atoms with Crippen LogP contribution in [0.1, 0.15) is 91.4 Å². The van der Waals surface area contributed by atoms with Gasteiger partial charge in [0.1, 0.15) is 23.7 Å². The first-order valence-electron chi connectivity index (χ1n) is 15.2. The van der Waals surface area contributed by atoms with E-state index in [1.54, 1.807) is 41.5 Å². The van der Waals surface area contributed by atoms with Crippen LogP contribution in [0.5, 0.6) is 0 Å². The summed E-state index contributed by atoms with van der Waals surface area (Å²) in [6, 6.07) is -2.36. The molecule has 250 valence electrons. The number of hydrogen-bond acceptors (Lipinski definition) is 6. The van der Waals surface area contributed by atoms with E-state index in [4.69, 9.17) is 0 Å². The van der Waals surface area contributed by atoms with Gasteiger partial charge in [-0.25, -0.2) is 13.6 Å². The van der Waals surface area contributed by atoms with Gasteiger partial charge in [0, 0.05) is 29.6 Å². The van der Waals surface area contributed by atoms with Crippen molar-refractivity contribution in [1.29, 1.82) is 0 Å². The molecule has 0 aromatic heterocycles. The van der Waals surface area contributed by atoms with Crippen LogP contribution in [0, 0.1) is 28.9 Å². The van der Waals surface area contributed by atoms with Gasteiger partial charge in [-0.2, -0.15) is 0 Å². The highest BCUT2D eigenvalue weighted by atomic mass is 19.1. The van der Waals surface area contributed by atoms with Gasteiger partial charge in [-0.15, -0.1) is 0 Å². The van der Waals surface area contributed by atoms with Crippen molar-refractivity contribution < 1.29 is 37.5 Å². The summed E-state index contributed by atoms with van der Waals surface area (Å²) in [4.78, 5) is 78.9. The van der Waals surface area contributed by atoms with Gasteiger partial charge < -0.3 is 26.6 Å². The van der Waals surface area contributed by atoms with E-state index in [1.807, 2.05) is 13.8 Å². The topological polar surface area (TPSA) is 163 Å². The van der Waals surface area contributed by atoms with E-state index in [1.165, 1.54) is 0 Å². The molecule has 1 fully saturated rings. The highest BCUT2D eigenvalue weighted by Crippen LogP contribution is 2.22. The second-order valence-electron chi connectivity index (χ2n) is 14.1. The van der Waals surface area contributed by atoms with Crippen LogP contribution in [0.15, 0.2) is 18.2 Å². The van der Waals surface area contributed by atoms with Crippen LogP contribution in [-0.4, -0.2) is 65.5 Å². The molecule has 0 bridgehead atoms. The zero-order valence-corrected chi connectivity index (χ0v) is 27.4. The van der Waals surface area contributed by atoms with Crippen molar-refractivity contribution in [3.8, 4) is 0 Å². The molecule has 0 saturated carbocycles. The van der Waals surface area contributed by atoms with Crippen LogP contribution in [0.2, 0.25) is 0 Å². The van der Waals surface area contributed by atoms with Gasteiger partial charge in [0.05, 0.1) is 6.04 Å². The summed E-state index contributed by atoms with van der Waals surface area (Å²) in [5, 5.41) is 13.3. The molecular weight excluding hydrogens is 588 g/mol. The third-order valence-corrected chi connectivity index (χ3v) is 7.13. The molecule has 0 spiro atoms. The van der Waals surface area contributed by atoms with Gasteiger partial charge >= 0.3 is 6.03 Å². The molecule has 0 radical (unpaired) electrons. The Bertz CT molecular complexity index is 1270. The minimum absolute atomic E-state index is 0.110. The molecule has 1 aliphatic rings. The Morgan fingerprint density at radius 2 is 1.47 bits per heavy atom. The molecule has 5 N–H and O–H groups in total. The Morgan fingerprint density at radius 3 is 1.98 bits per heavy atom. The van der Waals surface area contributed by atoms with E-state index in [2.05, 4.69) is 26.6 Å². The average molecular weight is 636 g/mol. The largest absolute Gasteiger partial charge is 0.356 e. The predicted molar refractivity (Wildman–Crippen MR) is 164 cm³/mol. The summed E-state index contributed by atoms with van der Waals surface area (Å²) in [6.07, 6.45) is 0.915. The maximum Gasteiger partial charge on any atom is 0.315 e. The first-order valence-corrected chi connectivity index (χ1v) is 15.2. The molecule has 1 saturated heterocycles. The van der Waals surface area contributed by atoms with Crippen molar-refractivity contribution in [3.05, 3.63) is 35.4 Å². The Labute approximate surface area is 263 Å². The highest BCUT2D eigenvalue weighted by molar-refractivity contribution is 6.45. The fourth-order valence-electron chi connectivity index (χ4n) is 4.98. The van der Waals surface area contributed by atoms with E-state index < -0.39 is 81.6 Å². The SMILES string of the molecule is CC(C)C[C@H](NC(=O)[C@@H](NC(=O)NC(C)(C)C)C(C)(C)C)C(=O)NC(CC1CCCNC1=O)C(=O)C(=O)c1cc(F)cc(F)c1. The van der Waals surface area contributed by atoms with Crippen LogP contribution >= 0.6 is 0 Å². The number of ketones is 2. The quantitative estimate of drug-likeness (QED) is 0.175. The van der Waals surface area contributed by atoms with Crippen LogP contribution < -0.4 is 26.6 Å². The smallest absolute Gasteiger partial charge is 0.315 e. The number of carbonyl (C=O) groups excluding carboxylic acids is 6. The molecule has 4 atom stereocenters. The number of piperidine rings is 1. The fourth-order valence-corrected chi connectivity index (χ4v) is 4.98. The van der Waals surface area contributed by atoms with Gasteiger partial charge in [-0.1, -0.05) is 34.6 Å². The number of nitrogens with one attached hydrogen (secondary N) is 5. The molecule has 13 heteroatoms. The number of rotatable bonds is 12. The highest BCUT2D eigenvalue weighted by Gasteiger charge is 2.38. The Morgan fingerprint density at radius 1 is 0.889 bits per heavy atom. The Balaban J connectivity index is 2.37. The summed E-state index contributed by atoms with van der Waals surface area (Å²) >= 11 is 0. The molecule has 1 aromatic carbocycles. The van der Waals surface area contributed by atoms with Crippen molar-refractivity contribution in [1.82, 2.24) is 26.6 Å². The van der Waals surface area contributed by atoms with Crippen molar-refractivity contribution in [2.24, 2.45) is 17.3 Å². The van der Waals surface area contributed by atoms with Gasteiger partial charge in [0.25, 0.3) is 0 Å². The van der Waals surface area contributed by atoms with Gasteiger partial charge in [-0.3, -0.25) is 24.0 Å². The summed E-state index contributed by atoms with van der Waals surface area (Å²) in [5.74, 6) is -7.12. The van der Waals surface area contributed by atoms with Crippen molar-refractivity contribution in [2.75, 3.05) is 6.54 Å². The monoisotopic (exact) mass is 635 g/mol. The maximum absolute atomic E-state index is 13.8. The predicted octanol–water partition coefficient (Wildman–Crippen LogP) is 3.16. The number of hydrogen-bond donors (Lipinski definition) is 5. The Kier molecular flexibility index (Phi) is 12.8. The first-order chi connectivity index (χ1) is 20.7. The molecule has 1 aliphatic heterocycles. The molecule has 1 heterocycles. The summed E-state index contributed by atoms with van der Waals surface area (Å²) in [7, 11) is 0. The number of urea groups is 1. The summed E-state index contributed by atoms with van der Waals surface area (Å²) < 4.78 is 27.7. The van der Waals surface area contributed by atoms with E-state index in [9.17, 15) is 37.5 Å². The lowest BCUT2D eigenvalue weighted by molar-refractivity contribution is -0.133. The van der Waals surface area contributed by atoms with Gasteiger partial charge in [0.15, 0.2) is 0 Å². The number of amides is 5. The van der Waals surface area contributed by atoms with Crippen LogP contribution in [0.25, 0.3) is 0 Å². The lowest BCUT2D eigenvalue weighted by Crippen LogP contribution is -2.61. The van der Waals surface area contributed by atoms with Crippen molar-refractivity contribution in [2.45, 2.75) is 105 Å². The lowest BCUT2D eigenvalue weighted by Gasteiger charge is -2.33.